The van der Waals surface area contributed by atoms with Gasteiger partial charge in [-0.05, 0) is 44.6 Å². The minimum atomic E-state index is -1.15. The van der Waals surface area contributed by atoms with Gasteiger partial charge in [0.1, 0.15) is 29.8 Å². The first-order valence-corrected chi connectivity index (χ1v) is 19.6. The van der Waals surface area contributed by atoms with Crippen molar-refractivity contribution in [2.45, 2.75) is 129 Å². The first kappa shape index (κ1) is 46.6. The number of H-pyrrole nitrogens is 2. The second kappa shape index (κ2) is 22.2. The molecule has 0 aliphatic rings. The standard InChI is InChI=1S/C40H61N11O7/c1-8-24(4)34(38(56)48-30(35(42)53)16-26-19-43-21-45-26)51-33(52)18-28(41)29(14-23(2)3)47-37(55)32(17-27-20-44-22-46-27)49-36(54)31(15-25-12-10-9-11-13-25)50-39(57)58-40(5,6)7/h9-13,19-24,28-32,34H,8,14-18,41H2,1-7H3,(H2,42,53)(H,43,45)(H,44,46)(H,47,55)(H,48,56)(H,49,54)(H,50,57)(H,51,52)/t24-,28-,29-,30-,31-,32-,34-/m0/s1. The third-order valence-electron chi connectivity index (χ3n) is 9.34. The van der Waals surface area contributed by atoms with E-state index in [0.29, 0.717) is 24.2 Å². The number of nitrogens with zero attached hydrogens (tertiary/aromatic N) is 2. The van der Waals surface area contributed by atoms with Crippen molar-refractivity contribution >= 4 is 35.6 Å². The summed E-state index contributed by atoms with van der Waals surface area (Å²) in [5, 5.41) is 13.8. The summed E-state index contributed by atoms with van der Waals surface area (Å²) < 4.78 is 5.43. The number of imidazole rings is 2. The second-order valence-corrected chi connectivity index (χ2v) is 16.0. The van der Waals surface area contributed by atoms with Gasteiger partial charge < -0.3 is 52.8 Å². The Morgan fingerprint density at radius 1 is 0.759 bits per heavy atom. The number of rotatable bonds is 22. The minimum absolute atomic E-state index is 0.0184. The number of hydrogen-bond acceptors (Lipinski definition) is 10. The van der Waals surface area contributed by atoms with Crippen molar-refractivity contribution in [2.24, 2.45) is 23.3 Å². The molecular weight excluding hydrogens is 747 g/mol. The Kier molecular flexibility index (Phi) is 17.9. The molecule has 11 N–H and O–H groups in total. The SMILES string of the molecule is CC[C@H](C)[C@H](NC(=O)C[C@H](N)[C@H](CC(C)C)NC(=O)[C@H](Cc1cnc[nH]1)NC(=O)[C@H](Cc1ccccc1)NC(=O)OC(C)(C)C)C(=O)N[C@@H](Cc1cnc[nH]1)C(N)=O. The van der Waals surface area contributed by atoms with Crippen LogP contribution < -0.4 is 38.1 Å². The van der Waals surface area contributed by atoms with Crippen molar-refractivity contribution in [1.29, 1.82) is 0 Å². The summed E-state index contributed by atoms with van der Waals surface area (Å²) in [6.45, 7) is 12.7. The molecule has 0 saturated heterocycles. The smallest absolute Gasteiger partial charge is 0.408 e. The number of nitrogens with two attached hydrogens (primary N) is 2. The van der Waals surface area contributed by atoms with Crippen LogP contribution in [0.3, 0.4) is 0 Å². The molecule has 318 valence electrons. The summed E-state index contributed by atoms with van der Waals surface area (Å²) in [4.78, 5) is 93.9. The van der Waals surface area contributed by atoms with Crippen LogP contribution >= 0.6 is 0 Å². The van der Waals surface area contributed by atoms with Crippen LogP contribution in [0.4, 0.5) is 4.79 Å². The van der Waals surface area contributed by atoms with Crippen molar-refractivity contribution < 1.29 is 33.5 Å². The van der Waals surface area contributed by atoms with Crippen LogP contribution in [0, 0.1) is 11.8 Å². The summed E-state index contributed by atoms with van der Waals surface area (Å²) in [7, 11) is 0. The number of alkyl carbamates (subject to hydrolysis) is 1. The number of ether oxygens (including phenoxy) is 1. The Morgan fingerprint density at radius 3 is 1.83 bits per heavy atom. The van der Waals surface area contributed by atoms with Crippen molar-refractivity contribution in [3.8, 4) is 0 Å². The van der Waals surface area contributed by atoms with Gasteiger partial charge in [0.15, 0.2) is 0 Å². The van der Waals surface area contributed by atoms with E-state index < -0.39 is 77.5 Å². The lowest BCUT2D eigenvalue weighted by atomic mass is 9.94. The largest absolute Gasteiger partial charge is 0.444 e. The molecule has 58 heavy (non-hydrogen) atoms. The fourth-order valence-electron chi connectivity index (χ4n) is 6.13. The number of amides is 6. The Morgan fingerprint density at radius 2 is 1.31 bits per heavy atom. The van der Waals surface area contributed by atoms with Crippen molar-refractivity contribution in [1.82, 2.24) is 46.5 Å². The van der Waals surface area contributed by atoms with Gasteiger partial charge in [0.05, 0.1) is 12.7 Å². The van der Waals surface area contributed by atoms with Gasteiger partial charge in [0.2, 0.25) is 29.5 Å². The Bertz CT molecular complexity index is 1760. The fourth-order valence-corrected chi connectivity index (χ4v) is 6.13. The lowest BCUT2D eigenvalue weighted by molar-refractivity contribution is -0.132. The second-order valence-electron chi connectivity index (χ2n) is 16.0. The fraction of sp³-hybridized carbons (Fsp3) is 0.550. The van der Waals surface area contributed by atoms with Gasteiger partial charge in [-0.25, -0.2) is 14.8 Å². The van der Waals surface area contributed by atoms with Crippen molar-refractivity contribution in [3.63, 3.8) is 0 Å². The van der Waals surface area contributed by atoms with Crippen molar-refractivity contribution in [3.05, 3.63) is 72.3 Å². The molecule has 0 aliphatic heterocycles. The number of carbonyl (C=O) groups excluding carboxylic acids is 6. The number of hydrogen-bond donors (Lipinski definition) is 9. The lowest BCUT2D eigenvalue weighted by Gasteiger charge is -2.30. The molecule has 2 aromatic heterocycles. The summed E-state index contributed by atoms with van der Waals surface area (Å²) in [5.41, 5.74) is 13.3. The van der Waals surface area contributed by atoms with Gasteiger partial charge in [0.25, 0.3) is 0 Å². The summed E-state index contributed by atoms with van der Waals surface area (Å²) in [6, 6.07) is 3.13. The summed E-state index contributed by atoms with van der Waals surface area (Å²) in [5.74, 6) is -3.38. The predicted octanol–water partition coefficient (Wildman–Crippen LogP) is 1.29. The molecule has 2 heterocycles. The number of carbonyl (C=O) groups is 6. The molecule has 18 heteroatoms. The number of aromatic amines is 2. The first-order valence-electron chi connectivity index (χ1n) is 19.6. The highest BCUT2D eigenvalue weighted by molar-refractivity contribution is 5.93. The van der Waals surface area contributed by atoms with Crippen LogP contribution in [-0.2, 0) is 48.0 Å². The number of nitrogens with one attached hydrogen (secondary N) is 7. The Balaban J connectivity index is 1.78. The zero-order valence-electron chi connectivity index (χ0n) is 34.5. The molecule has 6 amide bonds. The molecule has 0 aliphatic carbocycles. The quantitative estimate of drug-likeness (QED) is 0.0702. The van der Waals surface area contributed by atoms with Crippen LogP contribution in [0.15, 0.2) is 55.4 Å². The average Bonchev–Trinajstić information content (AvgIpc) is 3.86. The molecule has 0 saturated carbocycles. The summed E-state index contributed by atoms with van der Waals surface area (Å²) in [6.07, 6.45) is 6.01. The van der Waals surface area contributed by atoms with Gasteiger partial charge in [0, 0.05) is 61.5 Å². The van der Waals surface area contributed by atoms with E-state index in [1.807, 2.05) is 51.1 Å². The maximum atomic E-state index is 14.1. The molecular formula is C40H61N11O7. The maximum Gasteiger partial charge on any atom is 0.408 e. The molecule has 0 fully saturated rings. The summed E-state index contributed by atoms with van der Waals surface area (Å²) >= 11 is 0. The molecule has 3 rings (SSSR count). The van der Waals surface area contributed by atoms with Crippen LogP contribution in [0.2, 0.25) is 0 Å². The molecule has 3 aromatic rings. The normalized spacial score (nSPS) is 15.1. The van der Waals surface area contributed by atoms with Gasteiger partial charge in [-0.2, -0.15) is 0 Å². The van der Waals surface area contributed by atoms with Crippen molar-refractivity contribution in [2.75, 3.05) is 0 Å². The zero-order chi connectivity index (χ0) is 43.0. The van der Waals surface area contributed by atoms with Gasteiger partial charge in [-0.1, -0.05) is 64.4 Å². The van der Waals surface area contributed by atoms with Crippen LogP contribution in [0.25, 0.3) is 0 Å². The number of benzene rings is 1. The zero-order valence-corrected chi connectivity index (χ0v) is 34.5. The average molecular weight is 808 g/mol. The van der Waals surface area contributed by atoms with E-state index in [-0.39, 0.29) is 37.5 Å². The van der Waals surface area contributed by atoms with E-state index in [4.69, 9.17) is 16.2 Å². The lowest BCUT2D eigenvalue weighted by Crippen LogP contribution is -2.59. The van der Waals surface area contributed by atoms with E-state index in [2.05, 4.69) is 46.5 Å². The van der Waals surface area contributed by atoms with Gasteiger partial charge in [-0.15, -0.1) is 0 Å². The molecule has 18 nitrogen and oxygen atoms in total. The third-order valence-corrected chi connectivity index (χ3v) is 9.34. The van der Waals surface area contributed by atoms with Gasteiger partial charge >= 0.3 is 6.09 Å². The Labute approximate surface area is 339 Å². The highest BCUT2D eigenvalue weighted by atomic mass is 16.6. The first-order chi connectivity index (χ1) is 27.3. The number of primary amides is 1. The topological polar surface area (TPSA) is 281 Å². The monoisotopic (exact) mass is 807 g/mol. The van der Waals surface area contributed by atoms with Crippen LogP contribution in [-0.4, -0.2) is 97.4 Å². The van der Waals surface area contributed by atoms with E-state index >= 15 is 0 Å². The van der Waals surface area contributed by atoms with E-state index in [0.717, 1.165) is 5.56 Å². The van der Waals surface area contributed by atoms with Crippen LogP contribution in [0.1, 0.15) is 84.7 Å². The third kappa shape index (κ3) is 16.0. The number of aromatic nitrogens is 4. The molecule has 0 spiro atoms. The highest BCUT2D eigenvalue weighted by Crippen LogP contribution is 2.15. The molecule has 0 unspecified atom stereocenters. The highest BCUT2D eigenvalue weighted by Gasteiger charge is 2.34. The molecule has 0 radical (unpaired) electrons. The van der Waals surface area contributed by atoms with E-state index in [9.17, 15) is 28.8 Å². The van der Waals surface area contributed by atoms with E-state index in [1.54, 1.807) is 27.7 Å². The van der Waals surface area contributed by atoms with Gasteiger partial charge in [-0.3, -0.25) is 24.0 Å². The predicted molar refractivity (Wildman–Crippen MR) is 216 cm³/mol. The van der Waals surface area contributed by atoms with Crippen LogP contribution in [0.5, 0.6) is 0 Å². The molecule has 0 bridgehead atoms. The molecule has 1 aromatic carbocycles. The van der Waals surface area contributed by atoms with E-state index in [1.165, 1.54) is 25.0 Å². The minimum Gasteiger partial charge on any atom is -0.444 e. The molecule has 7 atom stereocenters. The Hall–Kier alpha value is -5.78. The maximum absolute atomic E-state index is 14.1.